The zero-order valence-electron chi connectivity index (χ0n) is 26.0. The number of hydrogen-bond donors (Lipinski definition) is 4. The van der Waals surface area contributed by atoms with Gasteiger partial charge in [0, 0.05) is 25.7 Å². The first-order valence-electron chi connectivity index (χ1n) is 15.7. The third-order valence-corrected chi connectivity index (χ3v) is 8.79. The Bertz CT molecular complexity index is 1750. The molecule has 2 saturated heterocycles. The molecule has 2 atom stereocenters. The maximum Gasteiger partial charge on any atom is 0.264 e. The zero-order chi connectivity index (χ0) is 35.0. The van der Waals surface area contributed by atoms with Gasteiger partial charge in [0.1, 0.15) is 12.1 Å². The molecule has 6 rings (SSSR count). The Labute approximate surface area is 277 Å². The number of hydrogen-bond acceptors (Lipinski definition) is 10. The molecule has 252 valence electrons. The van der Waals surface area contributed by atoms with Crippen LogP contribution in [0.25, 0.3) is 0 Å². The number of piperidine rings is 2. The summed E-state index contributed by atoms with van der Waals surface area (Å²) in [7, 11) is 0. The van der Waals surface area contributed by atoms with Crippen molar-refractivity contribution in [2.24, 2.45) is 0 Å². The minimum absolute atomic E-state index is 0.00433. The maximum absolute atomic E-state index is 13.2. The molecule has 2 fully saturated rings. The van der Waals surface area contributed by atoms with E-state index in [9.17, 15) is 47.9 Å². The van der Waals surface area contributed by atoms with Crippen molar-refractivity contribution < 1.29 is 47.9 Å². The molecule has 0 radical (unpaired) electrons. The zero-order valence-corrected chi connectivity index (χ0v) is 26.0. The van der Waals surface area contributed by atoms with Crippen LogP contribution in [0.3, 0.4) is 0 Å². The third-order valence-electron chi connectivity index (χ3n) is 8.79. The van der Waals surface area contributed by atoms with Gasteiger partial charge in [-0.05, 0) is 49.9 Å². The van der Waals surface area contributed by atoms with E-state index in [4.69, 9.17) is 0 Å². The molecule has 2 aromatic rings. The lowest BCUT2D eigenvalue weighted by molar-refractivity contribution is -0.137. The molecule has 0 aliphatic carbocycles. The third kappa shape index (κ3) is 6.19. The summed E-state index contributed by atoms with van der Waals surface area (Å²) < 4.78 is 0. The highest BCUT2D eigenvalue weighted by Gasteiger charge is 2.47. The number of amides is 10. The Hall–Kier alpha value is -6.06. The monoisotopic (exact) mass is 670 g/mol. The molecule has 4 aliphatic heterocycles. The van der Waals surface area contributed by atoms with Gasteiger partial charge in [-0.2, -0.15) is 0 Å². The molecule has 4 aliphatic rings. The van der Waals surface area contributed by atoms with Crippen molar-refractivity contribution in [2.45, 2.75) is 69.9 Å². The quantitative estimate of drug-likeness (QED) is 0.207. The van der Waals surface area contributed by atoms with Crippen molar-refractivity contribution in [3.8, 4) is 0 Å². The number of fused-ring (bicyclic) bond motifs is 2. The number of benzene rings is 2. The summed E-state index contributed by atoms with van der Waals surface area (Å²) in [5.41, 5.74) is 0.254. The van der Waals surface area contributed by atoms with Gasteiger partial charge in [0.2, 0.25) is 35.4 Å². The number of rotatable bonds is 10. The van der Waals surface area contributed by atoms with Crippen LogP contribution in [0.1, 0.15) is 99.2 Å². The molecule has 16 nitrogen and oxygen atoms in total. The topological polar surface area (TPSA) is 225 Å². The van der Waals surface area contributed by atoms with E-state index in [1.54, 1.807) is 0 Å². The van der Waals surface area contributed by atoms with Crippen LogP contribution in [-0.2, 0) is 28.8 Å². The van der Waals surface area contributed by atoms with Crippen molar-refractivity contribution in [2.75, 3.05) is 10.6 Å². The Kier molecular flexibility index (Phi) is 8.86. The number of carbonyl (C=O) groups is 10. The van der Waals surface area contributed by atoms with Gasteiger partial charge in [-0.3, -0.25) is 68.4 Å². The number of anilines is 2. The van der Waals surface area contributed by atoms with Crippen LogP contribution in [0.4, 0.5) is 11.4 Å². The standard InChI is InChI=1S/C33H30N6O10/c40-22(34-18-8-4-6-16-26(18)32(48)38(30(16)46)20-12-14-24(42)36-28(20)44)10-2-1-3-11-23(41)35-19-9-5-7-17-27(19)33(49)39(31(17)47)21-13-15-25(43)37-29(21)45/h4-9,20-21H,1-3,10-15H2,(H,34,40)(H,35,41)(H,36,42,44)(H,37,43,45). The maximum atomic E-state index is 13.2. The van der Waals surface area contributed by atoms with Crippen molar-refractivity contribution in [3.63, 3.8) is 0 Å². The SMILES string of the molecule is O=C1CCC(N2C(=O)c3cccc(NC(=O)CCCCCC(=O)Nc4cccc5c4C(=O)N(C4CCC(=O)NC4=O)C5=O)c3C2=O)C(=O)N1. The van der Waals surface area contributed by atoms with E-state index in [2.05, 4.69) is 21.3 Å². The molecule has 0 aromatic heterocycles. The van der Waals surface area contributed by atoms with Crippen LogP contribution >= 0.6 is 0 Å². The van der Waals surface area contributed by atoms with Crippen LogP contribution in [0.2, 0.25) is 0 Å². The molecular weight excluding hydrogens is 640 g/mol. The van der Waals surface area contributed by atoms with Gasteiger partial charge >= 0.3 is 0 Å². The molecular formula is C33H30N6O10. The Morgan fingerprint density at radius 1 is 0.592 bits per heavy atom. The van der Waals surface area contributed by atoms with E-state index in [0.29, 0.717) is 19.3 Å². The predicted octanol–water partition coefficient (Wildman–Crippen LogP) is 1.02. The molecule has 4 N–H and O–H groups in total. The Morgan fingerprint density at radius 3 is 1.39 bits per heavy atom. The lowest BCUT2D eigenvalue weighted by Crippen LogP contribution is -2.54. The first-order valence-corrected chi connectivity index (χ1v) is 15.7. The lowest BCUT2D eigenvalue weighted by Gasteiger charge is -2.27. The van der Waals surface area contributed by atoms with E-state index in [1.165, 1.54) is 36.4 Å². The smallest absolute Gasteiger partial charge is 0.264 e. The van der Waals surface area contributed by atoms with Gasteiger partial charge in [0.25, 0.3) is 23.6 Å². The van der Waals surface area contributed by atoms with Gasteiger partial charge in [-0.1, -0.05) is 18.6 Å². The second kappa shape index (κ2) is 13.2. The van der Waals surface area contributed by atoms with Crippen LogP contribution in [0.15, 0.2) is 36.4 Å². The van der Waals surface area contributed by atoms with Crippen LogP contribution in [0, 0.1) is 0 Å². The van der Waals surface area contributed by atoms with E-state index in [0.717, 1.165) is 9.80 Å². The second-order valence-corrected chi connectivity index (χ2v) is 12.0. The summed E-state index contributed by atoms with van der Waals surface area (Å²) >= 11 is 0. The van der Waals surface area contributed by atoms with Crippen molar-refractivity contribution in [1.82, 2.24) is 20.4 Å². The minimum Gasteiger partial charge on any atom is -0.325 e. The van der Waals surface area contributed by atoms with E-state index in [1.807, 2.05) is 0 Å². The summed E-state index contributed by atoms with van der Waals surface area (Å²) in [5, 5.41) is 9.58. The van der Waals surface area contributed by atoms with Gasteiger partial charge in [0.05, 0.1) is 33.6 Å². The molecule has 2 aromatic carbocycles. The number of nitrogens with one attached hydrogen (secondary N) is 4. The van der Waals surface area contributed by atoms with Gasteiger partial charge in [0.15, 0.2) is 0 Å². The average molecular weight is 671 g/mol. The summed E-state index contributed by atoms with van der Waals surface area (Å²) in [6.07, 6.45) is 1.31. The van der Waals surface area contributed by atoms with Crippen molar-refractivity contribution >= 4 is 70.4 Å². The average Bonchev–Trinajstić information content (AvgIpc) is 3.46. The van der Waals surface area contributed by atoms with Crippen LogP contribution < -0.4 is 21.3 Å². The van der Waals surface area contributed by atoms with Gasteiger partial charge in [-0.15, -0.1) is 0 Å². The number of carbonyl (C=O) groups excluding carboxylic acids is 10. The van der Waals surface area contributed by atoms with E-state index < -0.39 is 71.2 Å². The van der Waals surface area contributed by atoms with E-state index >= 15 is 0 Å². The highest BCUT2D eigenvalue weighted by Crippen LogP contribution is 2.34. The molecule has 16 heteroatoms. The highest BCUT2D eigenvalue weighted by atomic mass is 16.2. The normalized spacial score (nSPS) is 20.2. The number of imide groups is 4. The Morgan fingerprint density at radius 2 is 1.00 bits per heavy atom. The molecule has 0 spiro atoms. The summed E-state index contributed by atoms with van der Waals surface area (Å²) in [4.78, 5) is 127. The van der Waals surface area contributed by atoms with Crippen molar-refractivity contribution in [1.29, 1.82) is 0 Å². The fourth-order valence-electron chi connectivity index (χ4n) is 6.41. The number of nitrogens with zero attached hydrogens (tertiary/aromatic N) is 2. The fraction of sp³-hybridized carbons (Fsp3) is 0.333. The summed E-state index contributed by atoms with van der Waals surface area (Å²) in [5.74, 6) is -6.16. The van der Waals surface area contributed by atoms with Crippen LogP contribution in [-0.4, -0.2) is 81.0 Å². The first kappa shape index (κ1) is 32.9. The molecule has 2 unspecified atom stereocenters. The summed E-state index contributed by atoms with van der Waals surface area (Å²) in [6, 6.07) is 6.54. The van der Waals surface area contributed by atoms with Crippen molar-refractivity contribution in [3.05, 3.63) is 58.7 Å². The Balaban J connectivity index is 0.988. The second-order valence-electron chi connectivity index (χ2n) is 12.0. The molecule has 0 saturated carbocycles. The molecule has 4 heterocycles. The highest BCUT2D eigenvalue weighted by molar-refractivity contribution is 6.27. The number of unbranched alkanes of at least 4 members (excludes halogenated alkanes) is 2. The molecule has 49 heavy (non-hydrogen) atoms. The summed E-state index contributed by atoms with van der Waals surface area (Å²) in [6.45, 7) is 0. The fourth-order valence-corrected chi connectivity index (χ4v) is 6.41. The molecule has 0 bridgehead atoms. The van der Waals surface area contributed by atoms with E-state index in [-0.39, 0.29) is 72.2 Å². The molecule has 10 amide bonds. The van der Waals surface area contributed by atoms with Crippen LogP contribution in [0.5, 0.6) is 0 Å². The minimum atomic E-state index is -1.14. The van der Waals surface area contributed by atoms with Gasteiger partial charge < -0.3 is 10.6 Å². The predicted molar refractivity (Wildman–Crippen MR) is 167 cm³/mol. The first-order chi connectivity index (χ1) is 23.5. The van der Waals surface area contributed by atoms with Gasteiger partial charge in [-0.25, -0.2) is 0 Å². The largest absolute Gasteiger partial charge is 0.325 e. The lowest BCUT2D eigenvalue weighted by atomic mass is 10.0.